The minimum Gasteiger partial charge on any atom is -0.490 e. The van der Waals surface area contributed by atoms with Crippen LogP contribution in [0.4, 0.5) is 0 Å². The average Bonchev–Trinajstić information content (AvgIpc) is 2.67. The number of carbonyl (C=O) groups excluding carboxylic acids is 1. The predicted molar refractivity (Wildman–Crippen MR) is 103 cm³/mol. The number of amides is 1. The van der Waals surface area contributed by atoms with Gasteiger partial charge in [0.2, 0.25) is 0 Å². The second-order valence-electron chi connectivity index (χ2n) is 6.24. The van der Waals surface area contributed by atoms with E-state index in [4.69, 9.17) is 14.6 Å². The molecular weight excluding hydrogens is 346 g/mol. The normalized spacial score (nSPS) is 12.7. The lowest BCUT2D eigenvalue weighted by Crippen LogP contribution is -2.36. The van der Waals surface area contributed by atoms with E-state index in [2.05, 4.69) is 12.2 Å². The number of nitrogens with one attached hydrogen (secondary N) is 1. The third-order valence-electron chi connectivity index (χ3n) is 4.29. The lowest BCUT2D eigenvalue weighted by Gasteiger charge is -2.22. The Morgan fingerprint density at radius 3 is 2.37 bits per heavy atom. The molecule has 27 heavy (non-hydrogen) atoms. The van der Waals surface area contributed by atoms with Gasteiger partial charge in [0.25, 0.3) is 5.91 Å². The van der Waals surface area contributed by atoms with Crippen molar-refractivity contribution in [3.05, 3.63) is 59.7 Å². The van der Waals surface area contributed by atoms with Gasteiger partial charge in [-0.15, -0.1) is 0 Å². The maximum absolute atomic E-state index is 12.6. The van der Waals surface area contributed by atoms with Gasteiger partial charge in [0.05, 0.1) is 6.61 Å². The fourth-order valence-corrected chi connectivity index (χ4v) is 2.64. The first-order valence-electron chi connectivity index (χ1n) is 8.89. The number of carbonyl (C=O) groups is 2. The van der Waals surface area contributed by atoms with Gasteiger partial charge in [-0.05, 0) is 37.6 Å². The second-order valence-corrected chi connectivity index (χ2v) is 6.24. The molecule has 1 amide bonds. The van der Waals surface area contributed by atoms with E-state index in [1.165, 1.54) is 0 Å². The van der Waals surface area contributed by atoms with Crippen LogP contribution in [0.1, 0.15) is 42.6 Å². The molecule has 2 N–H and O–H groups in total. The standard InChI is InChI=1S/C21H25NO5/c1-4-26-19-12-17(10-11-18(19)27-13-20(23)24)21(25)22-15(3)14(2)16-8-6-5-7-9-16/h5-12,14-15H,4,13H2,1-3H3,(H,22,25)(H,23,24). The lowest BCUT2D eigenvalue weighted by atomic mass is 9.94. The zero-order chi connectivity index (χ0) is 19.8. The quantitative estimate of drug-likeness (QED) is 0.705. The van der Waals surface area contributed by atoms with Crippen LogP contribution >= 0.6 is 0 Å². The fourth-order valence-electron chi connectivity index (χ4n) is 2.64. The molecule has 0 spiro atoms. The monoisotopic (exact) mass is 371 g/mol. The van der Waals surface area contributed by atoms with Crippen molar-refractivity contribution in [1.29, 1.82) is 0 Å². The molecule has 0 heterocycles. The molecule has 0 fully saturated rings. The van der Waals surface area contributed by atoms with Crippen molar-refractivity contribution in [3.8, 4) is 11.5 Å². The highest BCUT2D eigenvalue weighted by atomic mass is 16.5. The van der Waals surface area contributed by atoms with Crippen molar-refractivity contribution in [2.24, 2.45) is 0 Å². The minimum absolute atomic E-state index is 0.0709. The van der Waals surface area contributed by atoms with Crippen molar-refractivity contribution < 1.29 is 24.2 Å². The summed E-state index contributed by atoms with van der Waals surface area (Å²) >= 11 is 0. The predicted octanol–water partition coefficient (Wildman–Crippen LogP) is 3.47. The van der Waals surface area contributed by atoms with Crippen LogP contribution < -0.4 is 14.8 Å². The van der Waals surface area contributed by atoms with E-state index < -0.39 is 12.6 Å². The number of ether oxygens (including phenoxy) is 2. The van der Waals surface area contributed by atoms with Crippen LogP contribution in [0.25, 0.3) is 0 Å². The van der Waals surface area contributed by atoms with Crippen LogP contribution in [0, 0.1) is 0 Å². The molecule has 2 aromatic rings. The highest BCUT2D eigenvalue weighted by Gasteiger charge is 2.19. The van der Waals surface area contributed by atoms with E-state index in [0.717, 1.165) is 5.56 Å². The average molecular weight is 371 g/mol. The first kappa shape index (κ1) is 20.3. The Balaban J connectivity index is 2.10. The Morgan fingerprint density at radius 2 is 1.74 bits per heavy atom. The Bertz CT molecular complexity index is 775. The Labute approximate surface area is 159 Å². The third kappa shape index (κ3) is 5.74. The number of rotatable bonds is 9. The zero-order valence-electron chi connectivity index (χ0n) is 15.8. The molecule has 0 saturated heterocycles. The van der Waals surface area contributed by atoms with E-state index in [-0.39, 0.29) is 17.9 Å². The molecule has 2 unspecified atom stereocenters. The molecule has 0 aliphatic carbocycles. The largest absolute Gasteiger partial charge is 0.490 e. The molecule has 6 nitrogen and oxygen atoms in total. The number of hydrogen-bond acceptors (Lipinski definition) is 4. The van der Waals surface area contributed by atoms with Gasteiger partial charge >= 0.3 is 5.97 Å². The number of hydrogen-bond donors (Lipinski definition) is 2. The maximum Gasteiger partial charge on any atom is 0.341 e. The number of carboxylic acids is 1. The summed E-state index contributed by atoms with van der Waals surface area (Å²) in [6.45, 7) is 5.72. The molecule has 0 bridgehead atoms. The summed E-state index contributed by atoms with van der Waals surface area (Å²) < 4.78 is 10.7. The van der Waals surface area contributed by atoms with Gasteiger partial charge in [-0.1, -0.05) is 37.3 Å². The molecule has 2 aromatic carbocycles. The van der Waals surface area contributed by atoms with Gasteiger partial charge in [0.1, 0.15) is 0 Å². The Kier molecular flexibility index (Phi) is 7.23. The lowest BCUT2D eigenvalue weighted by molar-refractivity contribution is -0.139. The highest BCUT2D eigenvalue weighted by Crippen LogP contribution is 2.29. The van der Waals surface area contributed by atoms with Gasteiger partial charge in [-0.3, -0.25) is 4.79 Å². The molecular formula is C21H25NO5. The van der Waals surface area contributed by atoms with Gasteiger partial charge in [-0.2, -0.15) is 0 Å². The number of aliphatic carboxylic acids is 1. The van der Waals surface area contributed by atoms with Crippen LogP contribution in [0.2, 0.25) is 0 Å². The molecule has 6 heteroatoms. The molecule has 0 radical (unpaired) electrons. The Morgan fingerprint density at radius 1 is 1.04 bits per heavy atom. The molecule has 2 atom stereocenters. The van der Waals surface area contributed by atoms with Crippen LogP contribution in [0.15, 0.2) is 48.5 Å². The fraction of sp³-hybridized carbons (Fsp3) is 0.333. The molecule has 144 valence electrons. The molecule has 0 aliphatic heterocycles. The minimum atomic E-state index is -1.08. The van der Waals surface area contributed by atoms with Crippen molar-refractivity contribution >= 4 is 11.9 Å². The summed E-state index contributed by atoms with van der Waals surface area (Å²) in [5.41, 5.74) is 1.57. The number of benzene rings is 2. The van der Waals surface area contributed by atoms with Crippen molar-refractivity contribution in [1.82, 2.24) is 5.32 Å². The SMILES string of the molecule is CCOc1cc(C(=O)NC(C)C(C)c2ccccc2)ccc1OCC(=O)O. The second kappa shape index (κ2) is 9.62. The molecule has 0 aromatic heterocycles. The Hall–Kier alpha value is -3.02. The van der Waals surface area contributed by atoms with E-state index in [1.807, 2.05) is 37.3 Å². The van der Waals surface area contributed by atoms with E-state index in [9.17, 15) is 9.59 Å². The van der Waals surface area contributed by atoms with Crippen molar-refractivity contribution in [3.63, 3.8) is 0 Å². The molecule has 0 aliphatic rings. The smallest absolute Gasteiger partial charge is 0.341 e. The summed E-state index contributed by atoms with van der Waals surface area (Å²) in [5, 5.41) is 11.8. The van der Waals surface area contributed by atoms with Crippen LogP contribution in [-0.2, 0) is 4.79 Å². The molecule has 2 rings (SSSR count). The summed E-state index contributed by atoms with van der Waals surface area (Å²) in [4.78, 5) is 23.3. The summed E-state index contributed by atoms with van der Waals surface area (Å²) in [6, 6.07) is 14.6. The summed E-state index contributed by atoms with van der Waals surface area (Å²) in [6.07, 6.45) is 0. The van der Waals surface area contributed by atoms with Crippen molar-refractivity contribution in [2.45, 2.75) is 32.7 Å². The third-order valence-corrected chi connectivity index (χ3v) is 4.29. The summed E-state index contributed by atoms with van der Waals surface area (Å²) in [5.74, 6) is -0.518. The van der Waals surface area contributed by atoms with Gasteiger partial charge in [-0.25, -0.2) is 4.79 Å². The van der Waals surface area contributed by atoms with E-state index in [1.54, 1.807) is 25.1 Å². The van der Waals surface area contributed by atoms with Gasteiger partial charge < -0.3 is 19.9 Å². The first-order valence-corrected chi connectivity index (χ1v) is 8.89. The van der Waals surface area contributed by atoms with Crippen LogP contribution in [0.5, 0.6) is 11.5 Å². The first-order chi connectivity index (χ1) is 12.9. The van der Waals surface area contributed by atoms with Crippen LogP contribution in [-0.4, -0.2) is 36.2 Å². The van der Waals surface area contributed by atoms with Gasteiger partial charge in [0, 0.05) is 17.5 Å². The van der Waals surface area contributed by atoms with E-state index in [0.29, 0.717) is 23.7 Å². The highest BCUT2D eigenvalue weighted by molar-refractivity contribution is 5.95. The zero-order valence-corrected chi connectivity index (χ0v) is 15.8. The van der Waals surface area contributed by atoms with Crippen molar-refractivity contribution in [2.75, 3.05) is 13.2 Å². The van der Waals surface area contributed by atoms with E-state index >= 15 is 0 Å². The van der Waals surface area contributed by atoms with Gasteiger partial charge in [0.15, 0.2) is 18.1 Å². The number of carboxylic acid groups (broad SMARTS) is 1. The topological polar surface area (TPSA) is 84.9 Å². The maximum atomic E-state index is 12.6. The van der Waals surface area contributed by atoms with Crippen LogP contribution in [0.3, 0.4) is 0 Å². The summed E-state index contributed by atoms with van der Waals surface area (Å²) in [7, 11) is 0. The molecule has 0 saturated carbocycles.